The fraction of sp³-hybridized carbons (Fsp3) is 0.158. The molecule has 0 unspecified atom stereocenters. The van der Waals surface area contributed by atoms with Gasteiger partial charge in [0.2, 0.25) is 0 Å². The van der Waals surface area contributed by atoms with Gasteiger partial charge in [-0.2, -0.15) is 5.10 Å². The Balaban J connectivity index is 0.00000225. The molecule has 0 amide bonds. The largest absolute Gasteiger partial charge is 0.370 e. The van der Waals surface area contributed by atoms with Crippen LogP contribution in [0.4, 0.5) is 5.69 Å². The maximum Gasteiger partial charge on any atom is 0.193 e. The third-order valence-electron chi connectivity index (χ3n) is 3.66. The topological polar surface area (TPSA) is 68.2 Å². The number of rotatable bonds is 5. The number of nitrogens with one attached hydrogen (secondary N) is 1. The zero-order valence-electron chi connectivity index (χ0n) is 14.1. The summed E-state index contributed by atoms with van der Waals surface area (Å²) in [5.41, 5.74) is 10.3. The van der Waals surface area contributed by atoms with E-state index in [0.29, 0.717) is 12.5 Å². The van der Waals surface area contributed by atoms with Crippen LogP contribution in [0, 0.1) is 6.92 Å². The number of benzene rings is 2. The average molecular weight is 447 g/mol. The molecular formula is C19H22IN5. The molecule has 0 aliphatic rings. The summed E-state index contributed by atoms with van der Waals surface area (Å²) in [5.74, 6) is 0.425. The number of aliphatic imine (C=N–C) groups is 1. The van der Waals surface area contributed by atoms with Crippen molar-refractivity contribution in [1.29, 1.82) is 0 Å². The quantitative estimate of drug-likeness (QED) is 0.356. The van der Waals surface area contributed by atoms with Gasteiger partial charge in [0.05, 0.1) is 11.9 Å². The SMILES string of the molecule is Cc1ccc(NC(N)=NCCc2cnn(-c3ccccc3)c2)cc1.I. The second kappa shape index (κ2) is 9.22. The van der Waals surface area contributed by atoms with Gasteiger partial charge in [0, 0.05) is 18.4 Å². The van der Waals surface area contributed by atoms with Crippen LogP contribution in [-0.2, 0) is 6.42 Å². The van der Waals surface area contributed by atoms with E-state index in [1.807, 2.05) is 71.7 Å². The molecule has 2 aromatic carbocycles. The predicted octanol–water partition coefficient (Wildman–Crippen LogP) is 3.77. The summed E-state index contributed by atoms with van der Waals surface area (Å²) in [6, 6.07) is 18.1. The lowest BCUT2D eigenvalue weighted by Gasteiger charge is -2.05. The lowest BCUT2D eigenvalue weighted by Crippen LogP contribution is -2.23. The zero-order chi connectivity index (χ0) is 16.8. The van der Waals surface area contributed by atoms with E-state index in [2.05, 4.69) is 22.3 Å². The van der Waals surface area contributed by atoms with E-state index in [-0.39, 0.29) is 24.0 Å². The minimum absolute atomic E-state index is 0. The number of guanidine groups is 1. The van der Waals surface area contributed by atoms with Crippen LogP contribution in [0.15, 0.2) is 72.0 Å². The second-order valence-electron chi connectivity index (χ2n) is 5.64. The molecular weight excluding hydrogens is 425 g/mol. The average Bonchev–Trinajstić information content (AvgIpc) is 3.07. The monoisotopic (exact) mass is 447 g/mol. The third-order valence-corrected chi connectivity index (χ3v) is 3.66. The van der Waals surface area contributed by atoms with Crippen molar-refractivity contribution in [2.24, 2.45) is 10.7 Å². The van der Waals surface area contributed by atoms with Crippen molar-refractivity contribution in [2.75, 3.05) is 11.9 Å². The molecule has 0 atom stereocenters. The van der Waals surface area contributed by atoms with Crippen LogP contribution >= 0.6 is 24.0 Å². The van der Waals surface area contributed by atoms with E-state index >= 15 is 0 Å². The van der Waals surface area contributed by atoms with Crippen molar-refractivity contribution in [1.82, 2.24) is 9.78 Å². The lowest BCUT2D eigenvalue weighted by atomic mass is 10.2. The minimum Gasteiger partial charge on any atom is -0.370 e. The van der Waals surface area contributed by atoms with Gasteiger partial charge in [-0.3, -0.25) is 4.99 Å². The molecule has 0 saturated carbocycles. The van der Waals surface area contributed by atoms with Crippen LogP contribution < -0.4 is 11.1 Å². The van der Waals surface area contributed by atoms with Crippen molar-refractivity contribution >= 4 is 35.6 Å². The van der Waals surface area contributed by atoms with E-state index in [1.54, 1.807) is 0 Å². The van der Waals surface area contributed by atoms with Crippen molar-refractivity contribution in [2.45, 2.75) is 13.3 Å². The van der Waals surface area contributed by atoms with Crippen molar-refractivity contribution < 1.29 is 0 Å². The highest BCUT2D eigenvalue weighted by atomic mass is 127. The Bertz CT molecular complexity index is 809. The van der Waals surface area contributed by atoms with Gasteiger partial charge in [-0.25, -0.2) is 4.68 Å². The van der Waals surface area contributed by atoms with Gasteiger partial charge < -0.3 is 11.1 Å². The maximum absolute atomic E-state index is 5.92. The number of nitrogens with two attached hydrogens (primary N) is 1. The first-order chi connectivity index (χ1) is 11.7. The molecule has 1 heterocycles. The summed E-state index contributed by atoms with van der Waals surface area (Å²) in [5, 5.41) is 7.47. The molecule has 1 aromatic heterocycles. The Hall–Kier alpha value is -2.35. The van der Waals surface area contributed by atoms with Gasteiger partial charge in [0.1, 0.15) is 0 Å². The first kappa shape index (κ1) is 19.0. The molecule has 25 heavy (non-hydrogen) atoms. The lowest BCUT2D eigenvalue weighted by molar-refractivity contribution is 0.879. The maximum atomic E-state index is 5.92. The second-order valence-corrected chi connectivity index (χ2v) is 5.64. The number of aromatic nitrogens is 2. The molecule has 0 saturated heterocycles. The van der Waals surface area contributed by atoms with E-state index in [0.717, 1.165) is 23.4 Å². The molecule has 0 spiro atoms. The molecule has 0 radical (unpaired) electrons. The van der Waals surface area contributed by atoms with Gasteiger partial charge in [0.25, 0.3) is 0 Å². The molecule has 6 heteroatoms. The van der Waals surface area contributed by atoms with E-state index in [9.17, 15) is 0 Å². The summed E-state index contributed by atoms with van der Waals surface area (Å²) in [7, 11) is 0. The predicted molar refractivity (Wildman–Crippen MR) is 114 cm³/mol. The molecule has 0 aliphatic heterocycles. The molecule has 0 aliphatic carbocycles. The van der Waals surface area contributed by atoms with E-state index in [1.165, 1.54) is 5.56 Å². The van der Waals surface area contributed by atoms with Gasteiger partial charge in [-0.15, -0.1) is 24.0 Å². The Kier molecular flexibility index (Phi) is 7.00. The van der Waals surface area contributed by atoms with Crippen LogP contribution in [0.1, 0.15) is 11.1 Å². The zero-order valence-corrected chi connectivity index (χ0v) is 16.4. The molecule has 0 bridgehead atoms. The van der Waals surface area contributed by atoms with Gasteiger partial charge >= 0.3 is 0 Å². The first-order valence-electron chi connectivity index (χ1n) is 7.93. The van der Waals surface area contributed by atoms with Gasteiger partial charge in [-0.05, 0) is 43.2 Å². The molecule has 0 fully saturated rings. The standard InChI is InChI=1S/C19H21N5.HI/c1-15-7-9-17(10-8-15)23-19(20)21-12-11-16-13-22-24(14-16)18-5-3-2-4-6-18;/h2-10,13-14H,11-12H2,1H3,(H3,20,21,23);1H. The Morgan fingerprint density at radius 2 is 1.84 bits per heavy atom. The number of aryl methyl sites for hydroxylation is 1. The fourth-order valence-electron chi connectivity index (χ4n) is 2.34. The molecule has 130 valence electrons. The summed E-state index contributed by atoms with van der Waals surface area (Å²) < 4.78 is 1.87. The molecule has 5 nitrogen and oxygen atoms in total. The summed E-state index contributed by atoms with van der Waals surface area (Å²) >= 11 is 0. The Morgan fingerprint density at radius 3 is 2.56 bits per heavy atom. The number of anilines is 1. The van der Waals surface area contributed by atoms with E-state index in [4.69, 9.17) is 5.73 Å². The highest BCUT2D eigenvalue weighted by Gasteiger charge is 2.01. The Morgan fingerprint density at radius 1 is 1.12 bits per heavy atom. The Labute approximate surface area is 165 Å². The molecule has 3 N–H and O–H groups in total. The van der Waals surface area contributed by atoms with Gasteiger partial charge in [0.15, 0.2) is 5.96 Å². The highest BCUT2D eigenvalue weighted by Crippen LogP contribution is 2.09. The minimum atomic E-state index is 0. The third kappa shape index (κ3) is 5.60. The molecule has 3 rings (SSSR count). The molecule has 3 aromatic rings. The van der Waals surface area contributed by atoms with Crippen LogP contribution in [0.25, 0.3) is 5.69 Å². The number of nitrogens with zero attached hydrogens (tertiary/aromatic N) is 3. The fourth-order valence-corrected chi connectivity index (χ4v) is 2.34. The summed E-state index contributed by atoms with van der Waals surface area (Å²) in [6.45, 7) is 2.67. The summed E-state index contributed by atoms with van der Waals surface area (Å²) in [4.78, 5) is 4.37. The van der Waals surface area contributed by atoms with Crippen LogP contribution in [0.3, 0.4) is 0 Å². The number of hydrogen-bond acceptors (Lipinski definition) is 2. The van der Waals surface area contributed by atoms with Crippen molar-refractivity contribution in [3.05, 3.63) is 78.1 Å². The smallest absolute Gasteiger partial charge is 0.193 e. The number of para-hydroxylation sites is 1. The normalized spacial score (nSPS) is 11.0. The highest BCUT2D eigenvalue weighted by molar-refractivity contribution is 14.0. The number of halogens is 1. The van der Waals surface area contributed by atoms with Gasteiger partial charge in [-0.1, -0.05) is 35.9 Å². The summed E-state index contributed by atoms with van der Waals surface area (Å²) in [6.07, 6.45) is 4.68. The first-order valence-corrected chi connectivity index (χ1v) is 7.93. The van der Waals surface area contributed by atoms with Crippen molar-refractivity contribution in [3.63, 3.8) is 0 Å². The number of hydrogen-bond donors (Lipinski definition) is 2. The van der Waals surface area contributed by atoms with Crippen LogP contribution in [0.2, 0.25) is 0 Å². The van der Waals surface area contributed by atoms with Crippen LogP contribution in [0.5, 0.6) is 0 Å². The van der Waals surface area contributed by atoms with Crippen molar-refractivity contribution in [3.8, 4) is 5.69 Å². The van der Waals surface area contributed by atoms with E-state index < -0.39 is 0 Å². The van der Waals surface area contributed by atoms with Crippen LogP contribution in [-0.4, -0.2) is 22.3 Å².